The van der Waals surface area contributed by atoms with Crippen LogP contribution in [-0.4, -0.2) is 38.4 Å². The molecule has 0 bridgehead atoms. The van der Waals surface area contributed by atoms with Crippen LogP contribution in [-0.2, 0) is 6.18 Å². The topological polar surface area (TPSA) is 64.6 Å². The highest BCUT2D eigenvalue weighted by atomic mass is 19.4. The zero-order chi connectivity index (χ0) is 15.3. The van der Waals surface area contributed by atoms with Crippen LogP contribution in [0, 0.1) is 0 Å². The molecule has 0 aliphatic carbocycles. The number of benzene rings is 1. The van der Waals surface area contributed by atoms with Crippen LogP contribution in [0.15, 0.2) is 18.2 Å². The van der Waals surface area contributed by atoms with Crippen molar-refractivity contribution in [3.05, 3.63) is 23.8 Å². The van der Waals surface area contributed by atoms with Crippen molar-refractivity contribution in [2.45, 2.75) is 6.18 Å². The smallest absolute Gasteiger partial charge is 0.395 e. The van der Waals surface area contributed by atoms with E-state index in [1.165, 1.54) is 6.07 Å². The summed E-state index contributed by atoms with van der Waals surface area (Å²) in [5.41, 5.74) is -0.363. The van der Waals surface area contributed by atoms with Crippen molar-refractivity contribution in [2.24, 2.45) is 0 Å². The van der Waals surface area contributed by atoms with Crippen LogP contribution >= 0.6 is 0 Å². The highest BCUT2D eigenvalue weighted by Crippen LogP contribution is 2.34. The van der Waals surface area contributed by atoms with E-state index in [0.29, 0.717) is 5.69 Å². The third kappa shape index (κ3) is 4.30. The number of carbonyl (C=O) groups excluding carboxylic acids is 1. The number of anilines is 2. The highest BCUT2D eigenvalue weighted by molar-refractivity contribution is 5.93. The molecule has 0 heterocycles. The summed E-state index contributed by atoms with van der Waals surface area (Å²) < 4.78 is 38.0. The fourth-order valence-electron chi connectivity index (χ4n) is 1.54. The van der Waals surface area contributed by atoms with Gasteiger partial charge in [-0.15, -0.1) is 0 Å². The normalized spacial score (nSPS) is 11.1. The van der Waals surface area contributed by atoms with E-state index in [0.717, 1.165) is 12.1 Å². The van der Waals surface area contributed by atoms with E-state index >= 15 is 0 Å². The number of urea groups is 1. The SMILES string of the molecule is CN(C)c1ccc(C(F)(F)F)cc1NC(=O)NCCO. The van der Waals surface area contributed by atoms with Gasteiger partial charge >= 0.3 is 12.2 Å². The van der Waals surface area contributed by atoms with E-state index in [2.05, 4.69) is 10.6 Å². The number of carbonyl (C=O) groups is 1. The summed E-state index contributed by atoms with van der Waals surface area (Å²) in [6.45, 7) is -0.237. The lowest BCUT2D eigenvalue weighted by Crippen LogP contribution is -2.31. The van der Waals surface area contributed by atoms with Gasteiger partial charge in [0.05, 0.1) is 23.5 Å². The molecule has 112 valence electrons. The van der Waals surface area contributed by atoms with E-state index in [9.17, 15) is 18.0 Å². The van der Waals surface area contributed by atoms with Crippen molar-refractivity contribution in [3.8, 4) is 0 Å². The molecule has 0 unspecified atom stereocenters. The standard InChI is InChI=1S/C12H16F3N3O2/c1-18(2)10-4-3-8(12(13,14)15)7-9(10)17-11(20)16-5-6-19/h3-4,7,19H,5-6H2,1-2H3,(H2,16,17,20). The lowest BCUT2D eigenvalue weighted by Gasteiger charge is -2.20. The van der Waals surface area contributed by atoms with Crippen LogP contribution in [0.2, 0.25) is 0 Å². The van der Waals surface area contributed by atoms with Crippen LogP contribution in [0.4, 0.5) is 29.3 Å². The van der Waals surface area contributed by atoms with Gasteiger partial charge in [-0.05, 0) is 18.2 Å². The molecule has 0 radical (unpaired) electrons. The number of hydrogen-bond donors (Lipinski definition) is 3. The van der Waals surface area contributed by atoms with Gasteiger partial charge < -0.3 is 20.6 Å². The Kier molecular flexibility index (Phi) is 5.20. The Balaban J connectivity index is 3.03. The first-order valence-electron chi connectivity index (χ1n) is 5.80. The number of halogens is 3. The third-order valence-corrected chi connectivity index (χ3v) is 2.45. The lowest BCUT2D eigenvalue weighted by molar-refractivity contribution is -0.137. The highest BCUT2D eigenvalue weighted by Gasteiger charge is 2.31. The second-order valence-corrected chi connectivity index (χ2v) is 4.23. The van der Waals surface area contributed by atoms with E-state index in [1.807, 2.05) is 0 Å². The molecular formula is C12H16F3N3O2. The molecule has 20 heavy (non-hydrogen) atoms. The van der Waals surface area contributed by atoms with Gasteiger partial charge in [-0.3, -0.25) is 0 Å². The fourth-order valence-corrected chi connectivity index (χ4v) is 1.54. The van der Waals surface area contributed by atoms with Gasteiger partial charge in [0.15, 0.2) is 0 Å². The molecule has 1 aromatic carbocycles. The molecule has 0 saturated heterocycles. The Labute approximate surface area is 114 Å². The van der Waals surface area contributed by atoms with Crippen molar-refractivity contribution in [3.63, 3.8) is 0 Å². The maximum atomic E-state index is 12.7. The molecular weight excluding hydrogens is 275 g/mol. The molecule has 0 aromatic heterocycles. The second kappa shape index (κ2) is 6.47. The van der Waals surface area contributed by atoms with Gasteiger partial charge in [-0.2, -0.15) is 13.2 Å². The second-order valence-electron chi connectivity index (χ2n) is 4.23. The molecule has 0 atom stereocenters. The molecule has 0 fully saturated rings. The van der Waals surface area contributed by atoms with Crippen molar-refractivity contribution in [2.75, 3.05) is 37.5 Å². The summed E-state index contributed by atoms with van der Waals surface area (Å²) in [4.78, 5) is 13.1. The lowest BCUT2D eigenvalue weighted by atomic mass is 10.1. The monoisotopic (exact) mass is 291 g/mol. The molecule has 1 rings (SSSR count). The number of hydrogen-bond acceptors (Lipinski definition) is 3. The zero-order valence-corrected chi connectivity index (χ0v) is 11.1. The molecule has 0 aliphatic rings. The quantitative estimate of drug-likeness (QED) is 0.793. The van der Waals surface area contributed by atoms with Crippen molar-refractivity contribution in [1.29, 1.82) is 0 Å². The van der Waals surface area contributed by atoms with Crippen LogP contribution in [0.1, 0.15) is 5.56 Å². The van der Waals surface area contributed by atoms with E-state index in [4.69, 9.17) is 5.11 Å². The maximum Gasteiger partial charge on any atom is 0.416 e. The first-order chi connectivity index (χ1) is 9.25. The average Bonchev–Trinajstić information content (AvgIpc) is 2.34. The van der Waals surface area contributed by atoms with Crippen LogP contribution in [0.3, 0.4) is 0 Å². The molecule has 8 heteroatoms. The van der Waals surface area contributed by atoms with Crippen LogP contribution in [0.5, 0.6) is 0 Å². The van der Waals surface area contributed by atoms with Gasteiger partial charge in [-0.25, -0.2) is 4.79 Å². The molecule has 3 N–H and O–H groups in total. The first kappa shape index (κ1) is 16.1. The summed E-state index contributed by atoms with van der Waals surface area (Å²) >= 11 is 0. The summed E-state index contributed by atoms with van der Waals surface area (Å²) in [6, 6.07) is 2.42. The molecule has 2 amide bonds. The van der Waals surface area contributed by atoms with Crippen LogP contribution < -0.4 is 15.5 Å². The Morgan fingerprint density at radius 1 is 1.35 bits per heavy atom. The summed E-state index contributed by atoms with van der Waals surface area (Å²) in [5, 5.41) is 13.2. The number of aliphatic hydroxyl groups excluding tert-OH is 1. The third-order valence-electron chi connectivity index (χ3n) is 2.45. The van der Waals surface area contributed by atoms with E-state index in [-0.39, 0.29) is 18.8 Å². The minimum absolute atomic E-state index is 0.0160. The predicted molar refractivity (Wildman–Crippen MR) is 69.9 cm³/mol. The van der Waals surface area contributed by atoms with E-state index < -0.39 is 17.8 Å². The average molecular weight is 291 g/mol. The van der Waals surface area contributed by atoms with Gasteiger partial charge in [0.2, 0.25) is 0 Å². The van der Waals surface area contributed by atoms with Crippen molar-refractivity contribution in [1.82, 2.24) is 5.32 Å². The first-order valence-corrected chi connectivity index (χ1v) is 5.80. The predicted octanol–water partition coefficient (Wildman–Crippen LogP) is 1.89. The van der Waals surface area contributed by atoms with Crippen molar-refractivity contribution < 1.29 is 23.1 Å². The minimum Gasteiger partial charge on any atom is -0.395 e. The molecule has 0 spiro atoms. The fraction of sp³-hybridized carbons (Fsp3) is 0.417. The Bertz CT molecular complexity index is 476. The largest absolute Gasteiger partial charge is 0.416 e. The molecule has 5 nitrogen and oxygen atoms in total. The van der Waals surface area contributed by atoms with Crippen LogP contribution in [0.25, 0.3) is 0 Å². The molecule has 0 saturated carbocycles. The Morgan fingerprint density at radius 2 is 2.00 bits per heavy atom. The summed E-state index contributed by atoms with van der Waals surface area (Å²) in [7, 11) is 3.30. The molecule has 1 aromatic rings. The number of nitrogens with zero attached hydrogens (tertiary/aromatic N) is 1. The maximum absolute atomic E-state index is 12.7. The van der Waals surface area contributed by atoms with Gasteiger partial charge in [0, 0.05) is 20.6 Å². The number of alkyl halides is 3. The van der Waals surface area contributed by atoms with Gasteiger partial charge in [0.25, 0.3) is 0 Å². The van der Waals surface area contributed by atoms with Crippen molar-refractivity contribution >= 4 is 17.4 Å². The number of rotatable bonds is 4. The zero-order valence-electron chi connectivity index (χ0n) is 11.1. The Morgan fingerprint density at radius 3 is 2.50 bits per heavy atom. The van der Waals surface area contributed by atoms with Gasteiger partial charge in [-0.1, -0.05) is 0 Å². The number of nitrogens with one attached hydrogen (secondary N) is 2. The minimum atomic E-state index is -4.48. The van der Waals surface area contributed by atoms with Gasteiger partial charge in [0.1, 0.15) is 0 Å². The van der Waals surface area contributed by atoms with E-state index in [1.54, 1.807) is 19.0 Å². The molecule has 0 aliphatic heterocycles. The Hall–Kier alpha value is -1.96. The number of aliphatic hydroxyl groups is 1. The number of amides is 2. The summed E-state index contributed by atoms with van der Waals surface area (Å²) in [6.07, 6.45) is -4.48. The summed E-state index contributed by atoms with van der Waals surface area (Å²) in [5.74, 6) is 0.